The van der Waals surface area contributed by atoms with E-state index < -0.39 is 11.8 Å². The lowest BCUT2D eigenvalue weighted by Crippen LogP contribution is -2.29. The largest absolute Gasteiger partial charge is 0.360 e. The smallest absolute Gasteiger partial charge is 0.316 e. The number of H-pyrrole nitrogens is 1. The van der Waals surface area contributed by atoms with Gasteiger partial charge < -0.3 is 4.52 Å². The number of hydrogen-bond acceptors (Lipinski definition) is 6. The van der Waals surface area contributed by atoms with Crippen molar-refractivity contribution in [3.05, 3.63) is 18.2 Å². The Morgan fingerprint density at radius 1 is 1.35 bits per heavy atom. The maximum absolute atomic E-state index is 11.4. The van der Waals surface area contributed by atoms with Gasteiger partial charge in [-0.3, -0.25) is 20.2 Å². The van der Waals surface area contributed by atoms with Gasteiger partial charge in [-0.15, -0.1) is 0 Å². The Morgan fingerprint density at radius 3 is 2.71 bits per heavy atom. The van der Waals surface area contributed by atoms with Crippen molar-refractivity contribution < 1.29 is 14.1 Å². The van der Waals surface area contributed by atoms with Gasteiger partial charge in [0.2, 0.25) is 5.95 Å². The lowest BCUT2D eigenvalue weighted by atomic mass is 10.4. The molecule has 88 valence electrons. The van der Waals surface area contributed by atoms with E-state index in [9.17, 15) is 9.59 Å². The van der Waals surface area contributed by atoms with Crippen molar-refractivity contribution in [2.45, 2.75) is 6.92 Å². The predicted octanol–water partition coefficient (Wildman–Crippen LogP) is -0.322. The van der Waals surface area contributed by atoms with Crippen LogP contribution in [0, 0.1) is 6.92 Å². The number of carbonyl (C=O) groups is 2. The number of hydrogen-bond donors (Lipinski definition) is 3. The third-order valence-electron chi connectivity index (χ3n) is 1.72. The molecule has 0 atom stereocenters. The molecule has 0 aliphatic heterocycles. The van der Waals surface area contributed by atoms with Gasteiger partial charge in [-0.05, 0) is 6.92 Å². The van der Waals surface area contributed by atoms with Crippen LogP contribution in [-0.2, 0) is 9.59 Å². The van der Waals surface area contributed by atoms with E-state index in [1.54, 1.807) is 6.92 Å². The van der Waals surface area contributed by atoms with Gasteiger partial charge in [-0.2, -0.15) is 10.1 Å². The Balaban J connectivity index is 1.94. The molecule has 0 aliphatic carbocycles. The fourth-order valence-corrected chi connectivity index (χ4v) is 1.03. The quantitative estimate of drug-likeness (QED) is 0.613. The summed E-state index contributed by atoms with van der Waals surface area (Å²) in [7, 11) is 0. The summed E-state index contributed by atoms with van der Waals surface area (Å²) in [6.45, 7) is 1.66. The highest BCUT2D eigenvalue weighted by Gasteiger charge is 2.16. The molecule has 9 nitrogen and oxygen atoms in total. The number of anilines is 2. The maximum atomic E-state index is 11.4. The lowest BCUT2D eigenvalue weighted by Gasteiger charge is -2.00. The van der Waals surface area contributed by atoms with Crippen molar-refractivity contribution in [1.82, 2.24) is 20.3 Å². The molecule has 0 unspecified atom stereocenters. The van der Waals surface area contributed by atoms with Crippen LogP contribution < -0.4 is 10.6 Å². The molecule has 0 saturated heterocycles. The number of nitrogens with zero attached hydrogens (tertiary/aromatic N) is 3. The van der Waals surface area contributed by atoms with Crippen LogP contribution in [0.4, 0.5) is 11.8 Å². The molecule has 17 heavy (non-hydrogen) atoms. The first-order valence-electron chi connectivity index (χ1n) is 4.56. The highest BCUT2D eigenvalue weighted by molar-refractivity contribution is 6.43. The number of carbonyl (C=O) groups excluding carboxylic acids is 2. The molecule has 3 N–H and O–H groups in total. The van der Waals surface area contributed by atoms with Crippen molar-refractivity contribution in [2.75, 3.05) is 10.6 Å². The molecule has 0 spiro atoms. The number of rotatable bonds is 2. The summed E-state index contributed by atoms with van der Waals surface area (Å²) < 4.78 is 4.73. The molecule has 2 aromatic rings. The Labute approximate surface area is 94.6 Å². The molecule has 0 aliphatic rings. The Bertz CT molecular complexity index is 531. The van der Waals surface area contributed by atoms with Crippen molar-refractivity contribution >= 4 is 23.6 Å². The van der Waals surface area contributed by atoms with Crippen molar-refractivity contribution in [3.63, 3.8) is 0 Å². The second kappa shape index (κ2) is 4.43. The minimum atomic E-state index is -0.887. The number of aromatic amines is 1. The summed E-state index contributed by atoms with van der Waals surface area (Å²) in [5.41, 5.74) is 0. The van der Waals surface area contributed by atoms with Crippen LogP contribution in [0.15, 0.2) is 16.9 Å². The molecule has 0 aromatic carbocycles. The van der Waals surface area contributed by atoms with Crippen LogP contribution in [0.5, 0.6) is 0 Å². The standard InChI is InChI=1S/C8H8N6O3/c1-4-2-5(14-17-4)11-6(15)7(16)12-8-9-3-10-13-8/h2-3H,1H3,(H,11,14,15)(H2,9,10,12,13,16). The van der Waals surface area contributed by atoms with E-state index in [0.29, 0.717) is 5.76 Å². The summed E-state index contributed by atoms with van der Waals surface area (Å²) in [4.78, 5) is 26.4. The average molecular weight is 236 g/mol. The normalized spacial score (nSPS) is 9.94. The van der Waals surface area contributed by atoms with Gasteiger partial charge in [0, 0.05) is 6.07 Å². The number of amides is 2. The van der Waals surface area contributed by atoms with Gasteiger partial charge in [0.15, 0.2) is 5.82 Å². The molecular weight excluding hydrogens is 228 g/mol. The first-order valence-corrected chi connectivity index (χ1v) is 4.56. The Morgan fingerprint density at radius 2 is 2.12 bits per heavy atom. The summed E-state index contributed by atoms with van der Waals surface area (Å²) in [6.07, 6.45) is 1.20. The zero-order valence-corrected chi connectivity index (χ0v) is 8.72. The minimum Gasteiger partial charge on any atom is -0.360 e. The van der Waals surface area contributed by atoms with Crippen molar-refractivity contribution in [1.29, 1.82) is 0 Å². The summed E-state index contributed by atoms with van der Waals surface area (Å²) in [5, 5.41) is 13.9. The van der Waals surface area contributed by atoms with Gasteiger partial charge in [0.1, 0.15) is 12.1 Å². The highest BCUT2D eigenvalue weighted by Crippen LogP contribution is 2.06. The van der Waals surface area contributed by atoms with E-state index in [1.807, 2.05) is 0 Å². The van der Waals surface area contributed by atoms with Crippen molar-refractivity contribution in [3.8, 4) is 0 Å². The maximum Gasteiger partial charge on any atom is 0.316 e. The third-order valence-corrected chi connectivity index (χ3v) is 1.72. The zero-order valence-electron chi connectivity index (χ0n) is 8.72. The van der Waals surface area contributed by atoms with Gasteiger partial charge >= 0.3 is 11.8 Å². The molecular formula is C8H8N6O3. The average Bonchev–Trinajstić information content (AvgIpc) is 2.90. The molecule has 0 saturated carbocycles. The van der Waals surface area contributed by atoms with E-state index >= 15 is 0 Å². The summed E-state index contributed by atoms with van der Waals surface area (Å²) in [6, 6.07) is 1.49. The molecule has 2 aromatic heterocycles. The minimum absolute atomic E-state index is 0.0847. The predicted molar refractivity (Wildman–Crippen MR) is 54.9 cm³/mol. The van der Waals surface area contributed by atoms with Crippen LogP contribution in [-0.4, -0.2) is 32.2 Å². The van der Waals surface area contributed by atoms with Crippen LogP contribution in [0.1, 0.15) is 5.76 Å². The monoisotopic (exact) mass is 236 g/mol. The van der Waals surface area contributed by atoms with E-state index in [0.717, 1.165) is 0 Å². The molecule has 0 fully saturated rings. The second-order valence-electron chi connectivity index (χ2n) is 3.07. The molecule has 9 heteroatoms. The van der Waals surface area contributed by atoms with Gasteiger partial charge in [0.05, 0.1) is 0 Å². The first-order chi connectivity index (χ1) is 8.15. The molecule has 2 heterocycles. The molecule has 2 rings (SSSR count). The van der Waals surface area contributed by atoms with E-state index in [-0.39, 0.29) is 11.8 Å². The topological polar surface area (TPSA) is 126 Å². The number of nitrogens with one attached hydrogen (secondary N) is 3. The third kappa shape index (κ3) is 2.65. The Kier molecular flexibility index (Phi) is 2.81. The van der Waals surface area contributed by atoms with Gasteiger partial charge in [-0.1, -0.05) is 5.16 Å². The zero-order chi connectivity index (χ0) is 12.3. The van der Waals surface area contributed by atoms with Crippen LogP contribution in [0.2, 0.25) is 0 Å². The number of aromatic nitrogens is 4. The molecule has 0 radical (unpaired) electrons. The van der Waals surface area contributed by atoms with Gasteiger partial charge in [0.25, 0.3) is 0 Å². The van der Waals surface area contributed by atoms with Crippen LogP contribution in [0.3, 0.4) is 0 Å². The van der Waals surface area contributed by atoms with Crippen LogP contribution >= 0.6 is 0 Å². The van der Waals surface area contributed by atoms with Crippen LogP contribution in [0.25, 0.3) is 0 Å². The first kappa shape index (κ1) is 10.8. The van der Waals surface area contributed by atoms with E-state index in [4.69, 9.17) is 4.52 Å². The van der Waals surface area contributed by atoms with Crippen molar-refractivity contribution in [2.24, 2.45) is 0 Å². The SMILES string of the molecule is Cc1cc(NC(=O)C(=O)Nc2ncn[nH]2)no1. The Hall–Kier alpha value is -2.71. The van der Waals surface area contributed by atoms with E-state index in [1.165, 1.54) is 12.4 Å². The lowest BCUT2D eigenvalue weighted by molar-refractivity contribution is -0.133. The molecule has 0 bridgehead atoms. The number of aryl methyl sites for hydroxylation is 1. The fraction of sp³-hybridized carbons (Fsp3) is 0.125. The van der Waals surface area contributed by atoms with Gasteiger partial charge in [-0.25, -0.2) is 5.10 Å². The second-order valence-corrected chi connectivity index (χ2v) is 3.07. The van der Waals surface area contributed by atoms with E-state index in [2.05, 4.69) is 31.0 Å². The molecule has 2 amide bonds. The summed E-state index contributed by atoms with van der Waals surface area (Å²) >= 11 is 0. The fourth-order valence-electron chi connectivity index (χ4n) is 1.03. The highest BCUT2D eigenvalue weighted by atomic mass is 16.5. The summed E-state index contributed by atoms with van der Waals surface area (Å²) in [5.74, 6) is -0.991.